The van der Waals surface area contributed by atoms with Crippen LogP contribution in [0, 0.1) is 22.7 Å². The second-order valence-corrected chi connectivity index (χ2v) is 23.1. The molecule has 18 heteroatoms. The van der Waals surface area contributed by atoms with Gasteiger partial charge in [-0.05, 0) is 165 Å². The van der Waals surface area contributed by atoms with Crippen LogP contribution in [0.3, 0.4) is 0 Å². The van der Waals surface area contributed by atoms with Crippen LogP contribution >= 0.6 is 22.7 Å². The predicted molar refractivity (Wildman–Crippen MR) is 295 cm³/mol. The molecule has 2 heterocycles. The number of amides is 2. The second-order valence-electron chi connectivity index (χ2n) is 21.1. The third-order valence-electron chi connectivity index (χ3n) is 12.3. The van der Waals surface area contributed by atoms with Crippen LogP contribution in [0.2, 0.25) is 0 Å². The summed E-state index contributed by atoms with van der Waals surface area (Å²) in [6, 6.07) is 26.6. The van der Waals surface area contributed by atoms with Gasteiger partial charge in [-0.15, -0.1) is 22.7 Å². The van der Waals surface area contributed by atoms with Crippen molar-refractivity contribution in [3.63, 3.8) is 0 Å². The molecule has 0 unspecified atom stereocenters. The Morgan fingerprint density at radius 1 is 0.662 bits per heavy atom. The van der Waals surface area contributed by atoms with Crippen LogP contribution in [0.5, 0.6) is 11.5 Å². The van der Waals surface area contributed by atoms with Crippen molar-refractivity contribution < 1.29 is 48.0 Å². The number of nitrogens with zero attached hydrogens (tertiary/aromatic N) is 6. The first-order valence-corrected chi connectivity index (χ1v) is 27.0. The molecule has 0 bridgehead atoms. The summed E-state index contributed by atoms with van der Waals surface area (Å²) in [6.45, 7) is 17.7. The zero-order chi connectivity index (χ0) is 55.9. The van der Waals surface area contributed by atoms with Gasteiger partial charge in [0.2, 0.25) is 0 Å². The van der Waals surface area contributed by atoms with Crippen LogP contribution in [-0.4, -0.2) is 92.6 Å². The van der Waals surface area contributed by atoms with E-state index >= 15 is 0 Å². The van der Waals surface area contributed by atoms with Crippen molar-refractivity contribution in [2.45, 2.75) is 130 Å². The Morgan fingerprint density at radius 2 is 1.08 bits per heavy atom. The van der Waals surface area contributed by atoms with E-state index in [-0.39, 0.29) is 24.8 Å². The van der Waals surface area contributed by atoms with E-state index in [0.29, 0.717) is 41.9 Å². The topological polar surface area (TPSA) is 214 Å². The van der Waals surface area contributed by atoms with Gasteiger partial charge in [0.1, 0.15) is 57.9 Å². The maximum Gasteiger partial charge on any atom is 0.411 e. The summed E-state index contributed by atoms with van der Waals surface area (Å²) in [5, 5.41) is 30.3. The highest BCUT2D eigenvalue weighted by atomic mass is 32.1. The lowest BCUT2D eigenvalue weighted by atomic mass is 10.0. The molecule has 1 N–H and O–H groups in total. The SMILES string of the molecule is CC(C)Oc1ccc(-c2ncc(-c3cccc4c3CC[C@@H]4N(CC(=O)O)C(=O)OC(C)(C)C)s2)cc1C#N.COC(=O)CN(C(=O)OC(C)(C)C)[C@H]1CCc2c(-c3cnc(-c4ccc(OC(C)C)c(C#N)c4)s3)cccc21. The van der Waals surface area contributed by atoms with Crippen molar-refractivity contribution in [3.05, 3.63) is 119 Å². The third-order valence-corrected chi connectivity index (χ3v) is 14.4. The summed E-state index contributed by atoms with van der Waals surface area (Å²) in [7, 11) is 1.31. The van der Waals surface area contributed by atoms with E-state index in [1.54, 1.807) is 71.1 Å². The van der Waals surface area contributed by atoms with E-state index in [1.807, 2.05) is 88.6 Å². The number of carbonyl (C=O) groups is 4. The standard InChI is InChI=1S/C30H33N3O5S.C29H31N3O5S/c1-18(2)37-25-13-10-19(14-20(25)15-31)28-32-16-26(39-28)23-9-7-8-22-21(23)11-12-24(22)33(17-27(34)36-6)29(35)38-30(3,4)5;1-17(2)36-24-12-9-18(13-19(24)14-30)27-31-15-25(38-27)22-8-6-7-21-20(22)10-11-23(21)32(16-26(33)34)28(35)37-29(3,4)5/h7-10,13-14,16,18,24H,11-12,17H2,1-6H3;6-9,12-13,15,17,23H,10-11,16H2,1-5H3,(H,33,34)/t24-;23-/m00/s1. The Kier molecular flexibility index (Phi) is 17.8. The molecule has 402 valence electrons. The molecule has 0 saturated heterocycles. The van der Waals surface area contributed by atoms with Crippen molar-refractivity contribution in [1.29, 1.82) is 10.5 Å². The maximum absolute atomic E-state index is 13.1. The lowest BCUT2D eigenvalue weighted by Crippen LogP contribution is -2.41. The number of aromatic nitrogens is 2. The molecule has 16 nitrogen and oxygen atoms in total. The maximum atomic E-state index is 13.1. The summed E-state index contributed by atoms with van der Waals surface area (Å²) in [5.41, 5.74) is 7.32. The number of rotatable bonds is 14. The van der Waals surface area contributed by atoms with Gasteiger partial charge in [-0.2, -0.15) is 10.5 Å². The van der Waals surface area contributed by atoms with Crippen LogP contribution in [-0.2, 0) is 36.6 Å². The van der Waals surface area contributed by atoms with Crippen molar-refractivity contribution in [1.82, 2.24) is 19.8 Å². The van der Waals surface area contributed by atoms with Gasteiger partial charge in [-0.25, -0.2) is 19.6 Å². The minimum absolute atomic E-state index is 0.0303. The summed E-state index contributed by atoms with van der Waals surface area (Å²) in [5.74, 6) is -0.486. The molecule has 6 aromatic rings. The number of ether oxygens (including phenoxy) is 5. The summed E-state index contributed by atoms with van der Waals surface area (Å²) in [4.78, 5) is 63.9. The lowest BCUT2D eigenvalue weighted by Gasteiger charge is -2.31. The number of methoxy groups -OCH3 is 1. The first-order valence-electron chi connectivity index (χ1n) is 25.3. The van der Waals surface area contributed by atoms with E-state index in [1.165, 1.54) is 28.2 Å². The van der Waals surface area contributed by atoms with Gasteiger partial charge in [0.25, 0.3) is 0 Å². The molecular formula is C59H64N6O10S2. The van der Waals surface area contributed by atoms with Crippen LogP contribution in [0.1, 0.15) is 128 Å². The predicted octanol–water partition coefficient (Wildman–Crippen LogP) is 13.0. The summed E-state index contributed by atoms with van der Waals surface area (Å²) >= 11 is 3.06. The highest BCUT2D eigenvalue weighted by Crippen LogP contribution is 2.46. The fourth-order valence-electron chi connectivity index (χ4n) is 9.25. The average Bonchev–Trinajstić information content (AvgIpc) is 4.23. The number of hydrogen-bond donors (Lipinski definition) is 1. The molecular weight excluding hydrogens is 1020 g/mol. The number of thiazole rings is 2. The van der Waals surface area contributed by atoms with Gasteiger partial charge >= 0.3 is 24.1 Å². The zero-order valence-electron chi connectivity index (χ0n) is 45.3. The second kappa shape index (κ2) is 24.0. The number of benzene rings is 4. The Morgan fingerprint density at radius 3 is 1.44 bits per heavy atom. The summed E-state index contributed by atoms with van der Waals surface area (Å²) < 4.78 is 27.5. The number of fused-ring (bicyclic) bond motifs is 2. The first-order chi connectivity index (χ1) is 36.5. The fraction of sp³-hybridized carbons (Fsp3) is 0.390. The molecule has 2 aliphatic carbocycles. The Labute approximate surface area is 457 Å². The Balaban J connectivity index is 0.000000224. The largest absolute Gasteiger partial charge is 0.490 e. The van der Waals surface area contributed by atoms with Gasteiger partial charge in [0, 0.05) is 23.5 Å². The zero-order valence-corrected chi connectivity index (χ0v) is 46.9. The average molecular weight is 1080 g/mol. The van der Waals surface area contributed by atoms with E-state index < -0.39 is 47.9 Å². The Bertz CT molecular complexity index is 3250. The molecule has 2 aromatic heterocycles. The smallest absolute Gasteiger partial charge is 0.411 e. The number of esters is 1. The molecule has 0 aliphatic heterocycles. The Hall–Kier alpha value is -7.80. The summed E-state index contributed by atoms with van der Waals surface area (Å²) in [6.07, 6.45) is 5.11. The fourth-order valence-corrected chi connectivity index (χ4v) is 11.2. The monoisotopic (exact) mass is 1080 g/mol. The van der Waals surface area contributed by atoms with Gasteiger partial charge < -0.3 is 28.8 Å². The molecule has 8 rings (SSSR count). The quantitative estimate of drug-likeness (QED) is 0.0793. The number of nitriles is 2. The van der Waals surface area contributed by atoms with Crippen molar-refractivity contribution in [3.8, 4) is 65.7 Å². The van der Waals surface area contributed by atoms with Gasteiger partial charge in [0.15, 0.2) is 0 Å². The minimum atomic E-state index is -1.09. The van der Waals surface area contributed by atoms with Crippen molar-refractivity contribution in [2.24, 2.45) is 0 Å². The molecule has 0 fully saturated rings. The normalized spacial score (nSPS) is 14.5. The number of aliphatic carboxylic acids is 1. The van der Waals surface area contributed by atoms with Crippen LogP contribution < -0.4 is 9.47 Å². The number of carboxylic acids is 1. The third kappa shape index (κ3) is 14.0. The van der Waals surface area contributed by atoms with E-state index in [2.05, 4.69) is 28.2 Å². The lowest BCUT2D eigenvalue weighted by molar-refractivity contribution is -0.142. The van der Waals surface area contributed by atoms with Crippen LogP contribution in [0.4, 0.5) is 9.59 Å². The molecule has 77 heavy (non-hydrogen) atoms. The van der Waals surface area contributed by atoms with Crippen LogP contribution in [0.15, 0.2) is 85.2 Å². The minimum Gasteiger partial charge on any atom is -0.490 e. The number of carbonyl (C=O) groups excluding carboxylic acids is 3. The first kappa shape index (κ1) is 56.9. The van der Waals surface area contributed by atoms with Gasteiger partial charge in [0.05, 0.1) is 52.3 Å². The van der Waals surface area contributed by atoms with Crippen molar-refractivity contribution in [2.75, 3.05) is 20.2 Å². The van der Waals surface area contributed by atoms with E-state index in [9.17, 15) is 34.8 Å². The van der Waals surface area contributed by atoms with E-state index in [0.717, 1.165) is 70.7 Å². The van der Waals surface area contributed by atoms with E-state index in [4.69, 9.17) is 23.7 Å². The molecule has 0 spiro atoms. The highest BCUT2D eigenvalue weighted by Gasteiger charge is 2.38. The number of carboxylic acid groups (broad SMARTS) is 1. The molecule has 2 aliphatic rings. The van der Waals surface area contributed by atoms with Crippen molar-refractivity contribution >= 4 is 46.8 Å². The molecule has 2 atom stereocenters. The number of hydrogen-bond acceptors (Lipinski definition) is 15. The van der Waals surface area contributed by atoms with Gasteiger partial charge in [-0.3, -0.25) is 19.4 Å². The molecule has 0 saturated carbocycles. The molecule has 0 radical (unpaired) electrons. The highest BCUT2D eigenvalue weighted by molar-refractivity contribution is 7.18. The molecule has 2 amide bonds. The van der Waals surface area contributed by atoms with Crippen LogP contribution in [0.25, 0.3) is 42.0 Å². The molecule has 4 aromatic carbocycles. The van der Waals surface area contributed by atoms with Gasteiger partial charge in [-0.1, -0.05) is 36.4 Å².